The zero-order valence-corrected chi connectivity index (χ0v) is 24.1. The minimum atomic E-state index is -0.381. The molecule has 0 aliphatic carbocycles. The number of fused-ring (bicyclic) bond motifs is 1. The molecule has 1 saturated heterocycles. The fourth-order valence-corrected chi connectivity index (χ4v) is 5.83. The van der Waals surface area contributed by atoms with E-state index in [4.69, 9.17) is 9.31 Å². The van der Waals surface area contributed by atoms with Gasteiger partial charge < -0.3 is 9.31 Å². The lowest BCUT2D eigenvalue weighted by Crippen LogP contribution is -2.49. The summed E-state index contributed by atoms with van der Waals surface area (Å²) in [5, 5.41) is 2.72. The highest BCUT2D eigenvalue weighted by atomic mass is 16.7. The smallest absolute Gasteiger partial charge is 0.399 e. The normalized spacial score (nSPS) is 16.4. The van der Waals surface area contributed by atoms with Crippen LogP contribution >= 0.6 is 0 Å². The van der Waals surface area contributed by atoms with Crippen molar-refractivity contribution in [2.75, 3.05) is 0 Å². The molecule has 1 fully saturated rings. The second-order valence-electron chi connectivity index (χ2n) is 11.8. The van der Waals surface area contributed by atoms with Gasteiger partial charge in [-0.25, -0.2) is 0 Å². The second-order valence-corrected chi connectivity index (χ2v) is 11.8. The van der Waals surface area contributed by atoms with Crippen molar-refractivity contribution in [3.63, 3.8) is 0 Å². The van der Waals surface area contributed by atoms with E-state index in [9.17, 15) is 0 Å². The minimum absolute atomic E-state index is 0.369. The topological polar surface area (TPSA) is 18.5 Å². The van der Waals surface area contributed by atoms with E-state index in [1.807, 2.05) is 0 Å². The van der Waals surface area contributed by atoms with Gasteiger partial charge >= 0.3 is 7.12 Å². The molecule has 0 amide bonds. The van der Waals surface area contributed by atoms with E-state index in [2.05, 4.69) is 129 Å². The molecule has 0 bridgehead atoms. The van der Waals surface area contributed by atoms with Crippen molar-refractivity contribution in [1.82, 2.24) is 0 Å². The van der Waals surface area contributed by atoms with E-state index < -0.39 is 0 Å². The molecule has 0 N–H and O–H groups in total. The first-order valence-electron chi connectivity index (χ1n) is 13.4. The van der Waals surface area contributed by atoms with E-state index in [0.29, 0.717) is 0 Å². The predicted octanol–water partition coefficient (Wildman–Crippen LogP) is -3.98. The van der Waals surface area contributed by atoms with Gasteiger partial charge in [0, 0.05) is 0 Å². The van der Waals surface area contributed by atoms with Gasteiger partial charge in [0.15, 0.2) is 0 Å². The first kappa shape index (κ1) is 26.1. The molecule has 37 heavy (non-hydrogen) atoms. The van der Waals surface area contributed by atoms with Gasteiger partial charge in [-0.15, -0.1) is 10.9 Å². The first-order valence-corrected chi connectivity index (χ1v) is 13.4. The number of hydrogen-bond donors (Lipinski definition) is 0. The Balaban J connectivity index is 1.82. The Labute approximate surface area is 227 Å². The highest BCUT2D eigenvalue weighted by Gasteiger charge is 2.51. The first-order chi connectivity index (χ1) is 17.4. The van der Waals surface area contributed by atoms with Gasteiger partial charge in [0.25, 0.3) is 0 Å². The van der Waals surface area contributed by atoms with E-state index in [0.717, 1.165) is 5.46 Å². The molecular weight excluding hydrogens is 444 g/mol. The second kappa shape index (κ2) is 9.07. The molecule has 0 spiro atoms. The van der Waals surface area contributed by atoms with Crippen LogP contribution in [0.4, 0.5) is 0 Å². The van der Waals surface area contributed by atoms with Crippen LogP contribution in [-0.2, 0) is 9.31 Å². The van der Waals surface area contributed by atoms with Gasteiger partial charge in [0.2, 0.25) is 0 Å². The van der Waals surface area contributed by atoms with Crippen molar-refractivity contribution in [2.24, 2.45) is 0 Å². The Morgan fingerprint density at radius 3 is 1.51 bits per heavy atom. The van der Waals surface area contributed by atoms with Crippen LogP contribution in [0.2, 0.25) is 0 Å². The number of benzene rings is 4. The summed E-state index contributed by atoms with van der Waals surface area (Å²) >= 11 is 0. The Hall–Kier alpha value is -2.49. The fraction of sp³-hybridized carbons (Fsp3) is 0.214. The average molecular weight is 477 g/mol. The zero-order valence-electron chi connectivity index (χ0n) is 24.1. The van der Waals surface area contributed by atoms with E-state index in [1.165, 1.54) is 65.8 Å². The lowest BCUT2D eigenvalue weighted by molar-refractivity contribution is 0.00578. The monoisotopic (exact) mass is 478 g/mol. The molecule has 9 heteroatoms. The molecule has 1 aliphatic rings. The van der Waals surface area contributed by atoms with Crippen molar-refractivity contribution < 1.29 is 9.31 Å². The number of rotatable bonds is 3. The molecule has 0 unspecified atom stereocenters. The molecule has 178 valence electrons. The van der Waals surface area contributed by atoms with Gasteiger partial charge in [0.1, 0.15) is 47.1 Å². The molecule has 4 aromatic rings. The molecule has 0 radical (unpaired) electrons. The molecule has 1 heterocycles. The summed E-state index contributed by atoms with van der Waals surface area (Å²) in [5.74, 6) is 0. The maximum atomic E-state index is 6.41. The molecule has 4 aromatic carbocycles. The Kier molecular flexibility index (Phi) is 6.40. The third-order valence-corrected chi connectivity index (χ3v) is 9.26. The summed E-state index contributed by atoms with van der Waals surface area (Å²) in [6.07, 6.45) is 0. The Bertz CT molecular complexity index is 1530. The summed E-state index contributed by atoms with van der Waals surface area (Å²) in [4.78, 5) is 0. The third kappa shape index (κ3) is 4.06. The molecule has 2 nitrogen and oxygen atoms in total. The molecule has 0 atom stereocenters. The lowest BCUT2D eigenvalue weighted by Gasteiger charge is -2.32. The standard InChI is InChI=1S/C28H33B7O2/c1-27(2)28(3,4)37-35(36-27)16-12-8-11-15(13-16)18-20-19(23(31)25(33)26(34)24(20)32)17(21(29)22(18)30)14-9-6-5-7-10-14/h5-13H,29-34H2,1-4H3. The quantitative estimate of drug-likeness (QED) is 0.281. The molecular formula is C28H33B7O2. The van der Waals surface area contributed by atoms with Gasteiger partial charge in [-0.05, 0) is 66.2 Å². The maximum absolute atomic E-state index is 6.41. The van der Waals surface area contributed by atoms with Gasteiger partial charge in [-0.2, -0.15) is 0 Å². The van der Waals surface area contributed by atoms with Crippen molar-refractivity contribution >= 4 is 103 Å². The van der Waals surface area contributed by atoms with Gasteiger partial charge in [0.05, 0.1) is 11.2 Å². The summed E-state index contributed by atoms with van der Waals surface area (Å²) in [7, 11) is 13.3. The Morgan fingerprint density at radius 1 is 0.541 bits per heavy atom. The number of hydrogen-bond acceptors (Lipinski definition) is 2. The average Bonchev–Trinajstić information content (AvgIpc) is 3.09. The highest BCUT2D eigenvalue weighted by molar-refractivity contribution is 6.69. The highest BCUT2D eigenvalue weighted by Crippen LogP contribution is 2.37. The van der Waals surface area contributed by atoms with E-state index in [1.54, 1.807) is 0 Å². The minimum Gasteiger partial charge on any atom is -0.399 e. The maximum Gasteiger partial charge on any atom is 0.494 e. The molecule has 1 aliphatic heterocycles. The van der Waals surface area contributed by atoms with Crippen LogP contribution in [0.1, 0.15) is 27.7 Å². The molecule has 0 saturated carbocycles. The van der Waals surface area contributed by atoms with Crippen LogP contribution in [0.25, 0.3) is 33.0 Å². The van der Waals surface area contributed by atoms with Crippen molar-refractivity contribution in [3.05, 3.63) is 54.6 Å². The fourth-order valence-electron chi connectivity index (χ4n) is 5.83. The largest absolute Gasteiger partial charge is 0.494 e. The zero-order chi connectivity index (χ0) is 26.9. The summed E-state index contributed by atoms with van der Waals surface area (Å²) in [6.45, 7) is 8.43. The van der Waals surface area contributed by atoms with Gasteiger partial charge in [-0.3, -0.25) is 0 Å². The van der Waals surface area contributed by atoms with Crippen molar-refractivity contribution in [2.45, 2.75) is 38.9 Å². The van der Waals surface area contributed by atoms with Crippen LogP contribution < -0.4 is 38.2 Å². The predicted molar refractivity (Wildman–Crippen MR) is 180 cm³/mol. The van der Waals surface area contributed by atoms with E-state index >= 15 is 0 Å². The Morgan fingerprint density at radius 2 is 1.00 bits per heavy atom. The van der Waals surface area contributed by atoms with Crippen LogP contribution in [0, 0.1) is 0 Å². The van der Waals surface area contributed by atoms with Crippen molar-refractivity contribution in [3.8, 4) is 22.3 Å². The van der Waals surface area contributed by atoms with Crippen molar-refractivity contribution in [1.29, 1.82) is 0 Å². The van der Waals surface area contributed by atoms with Gasteiger partial charge in [-0.1, -0.05) is 76.4 Å². The van der Waals surface area contributed by atoms with E-state index in [-0.39, 0.29) is 18.3 Å². The van der Waals surface area contributed by atoms with Crippen LogP contribution in [-0.4, -0.2) is 65.4 Å². The van der Waals surface area contributed by atoms with Crippen LogP contribution in [0.3, 0.4) is 0 Å². The lowest BCUT2D eigenvalue weighted by atomic mass is 9.60. The van der Waals surface area contributed by atoms with Crippen LogP contribution in [0.5, 0.6) is 0 Å². The SMILES string of the molecule is Bc1c(B)c(B)c2c(-c3cccc(B4OC(C)(C)C(C)(C)O4)c3)c(B)c(B)c(-c3ccccc3)c2c1B. The summed E-state index contributed by atoms with van der Waals surface area (Å²) in [6, 6.07) is 19.6. The van der Waals surface area contributed by atoms with Crippen LogP contribution in [0.15, 0.2) is 54.6 Å². The summed E-state index contributed by atoms with van der Waals surface area (Å²) < 4.78 is 12.8. The summed E-state index contributed by atoms with van der Waals surface area (Å²) in [5.41, 5.74) is 13.6. The molecule has 5 rings (SSSR count). The molecule has 0 aromatic heterocycles. The third-order valence-electron chi connectivity index (χ3n) is 9.26.